The molecule has 36 heavy (non-hydrogen) atoms. The number of methoxy groups -OCH3 is 1. The number of carbonyl (C=O) groups excluding carboxylic acids is 2. The van der Waals surface area contributed by atoms with Gasteiger partial charge in [0.05, 0.1) is 29.1 Å². The first kappa shape index (κ1) is 29.7. The van der Waals surface area contributed by atoms with Crippen LogP contribution in [-0.2, 0) is 26.2 Å². The molecule has 0 aromatic heterocycles. The smallest absolute Gasteiger partial charge is 0.244 e. The summed E-state index contributed by atoms with van der Waals surface area (Å²) < 4.78 is 31.9. The normalized spacial score (nSPS) is 13.0. The van der Waals surface area contributed by atoms with Gasteiger partial charge in [0.2, 0.25) is 21.8 Å². The number of aryl methyl sites for hydroxylation is 1. The van der Waals surface area contributed by atoms with Crippen molar-refractivity contribution in [1.29, 1.82) is 0 Å². The van der Waals surface area contributed by atoms with Crippen molar-refractivity contribution in [1.82, 2.24) is 10.2 Å². The molecule has 2 amide bonds. The van der Waals surface area contributed by atoms with E-state index in [0.717, 1.165) is 16.1 Å². The first-order valence-electron chi connectivity index (χ1n) is 11.4. The summed E-state index contributed by atoms with van der Waals surface area (Å²) in [5, 5.41) is 3.54. The Morgan fingerprint density at radius 3 is 2.31 bits per heavy atom. The number of hydrogen-bond donors (Lipinski definition) is 1. The maximum Gasteiger partial charge on any atom is 0.244 e. The first-order chi connectivity index (χ1) is 16.8. The van der Waals surface area contributed by atoms with E-state index in [0.29, 0.717) is 27.8 Å². The average molecular weight is 559 g/mol. The van der Waals surface area contributed by atoms with Crippen LogP contribution in [0.1, 0.15) is 38.3 Å². The number of halogens is 2. The Balaban J connectivity index is 2.48. The summed E-state index contributed by atoms with van der Waals surface area (Å²) in [5.74, 6) is -0.615. The van der Waals surface area contributed by atoms with Crippen LogP contribution in [0.25, 0.3) is 0 Å². The second-order valence-corrected chi connectivity index (χ2v) is 11.4. The second kappa shape index (κ2) is 12.7. The SMILES string of the molecule is CC[C@H](C)NC(=O)[C@@H](C)N(Cc1ccc(Cl)c(Cl)c1)C(=O)CN(c1cc(C)ccc1OC)S(C)(=O)=O. The highest BCUT2D eigenvalue weighted by Gasteiger charge is 2.31. The Morgan fingerprint density at radius 2 is 1.75 bits per heavy atom. The lowest BCUT2D eigenvalue weighted by Gasteiger charge is -2.32. The fourth-order valence-electron chi connectivity index (χ4n) is 3.47. The van der Waals surface area contributed by atoms with Crippen LogP contribution >= 0.6 is 23.2 Å². The number of anilines is 1. The highest BCUT2D eigenvalue weighted by atomic mass is 35.5. The van der Waals surface area contributed by atoms with Gasteiger partial charge in [-0.2, -0.15) is 0 Å². The van der Waals surface area contributed by atoms with E-state index in [1.165, 1.54) is 12.0 Å². The second-order valence-electron chi connectivity index (χ2n) is 8.71. The zero-order valence-corrected chi connectivity index (χ0v) is 23.7. The number of ether oxygens (including phenoxy) is 1. The molecule has 0 aliphatic heterocycles. The van der Waals surface area contributed by atoms with Crippen LogP contribution in [-0.4, -0.2) is 57.1 Å². The highest BCUT2D eigenvalue weighted by Crippen LogP contribution is 2.31. The number of nitrogens with zero attached hydrogens (tertiary/aromatic N) is 2. The molecule has 0 fully saturated rings. The van der Waals surface area contributed by atoms with E-state index in [2.05, 4.69) is 5.32 Å². The molecule has 0 unspecified atom stereocenters. The summed E-state index contributed by atoms with van der Waals surface area (Å²) in [5.41, 5.74) is 1.67. The van der Waals surface area contributed by atoms with E-state index in [-0.39, 0.29) is 24.2 Å². The Kier molecular flexibility index (Phi) is 10.5. The number of amides is 2. The third kappa shape index (κ3) is 7.75. The van der Waals surface area contributed by atoms with Gasteiger partial charge in [-0.25, -0.2) is 8.42 Å². The van der Waals surface area contributed by atoms with Crippen LogP contribution in [0, 0.1) is 6.92 Å². The molecule has 0 aliphatic rings. The van der Waals surface area contributed by atoms with Crippen molar-refractivity contribution in [2.24, 2.45) is 0 Å². The fraction of sp³-hybridized carbons (Fsp3) is 0.440. The summed E-state index contributed by atoms with van der Waals surface area (Å²) in [6, 6.07) is 8.99. The van der Waals surface area contributed by atoms with Gasteiger partial charge in [0.15, 0.2) is 0 Å². The van der Waals surface area contributed by atoms with Crippen molar-refractivity contribution in [3.05, 3.63) is 57.6 Å². The average Bonchev–Trinajstić information content (AvgIpc) is 2.81. The third-order valence-corrected chi connectivity index (χ3v) is 7.65. The van der Waals surface area contributed by atoms with Crippen molar-refractivity contribution >= 4 is 50.7 Å². The van der Waals surface area contributed by atoms with E-state index >= 15 is 0 Å². The van der Waals surface area contributed by atoms with Gasteiger partial charge in [0, 0.05) is 12.6 Å². The number of rotatable bonds is 11. The van der Waals surface area contributed by atoms with Crippen molar-refractivity contribution in [3.8, 4) is 5.75 Å². The molecule has 0 bridgehead atoms. The van der Waals surface area contributed by atoms with Gasteiger partial charge in [-0.15, -0.1) is 0 Å². The number of nitrogens with one attached hydrogen (secondary N) is 1. The Hall–Kier alpha value is -2.49. The van der Waals surface area contributed by atoms with E-state index in [1.54, 1.807) is 43.3 Å². The molecule has 0 saturated carbocycles. The van der Waals surface area contributed by atoms with Crippen LogP contribution < -0.4 is 14.4 Å². The highest BCUT2D eigenvalue weighted by molar-refractivity contribution is 7.92. The number of sulfonamides is 1. The zero-order chi connectivity index (χ0) is 27.2. The predicted octanol–water partition coefficient (Wildman–Crippen LogP) is 4.41. The summed E-state index contributed by atoms with van der Waals surface area (Å²) in [4.78, 5) is 27.9. The molecule has 0 heterocycles. The van der Waals surface area contributed by atoms with Gasteiger partial charge >= 0.3 is 0 Å². The van der Waals surface area contributed by atoms with Gasteiger partial charge in [0.1, 0.15) is 18.3 Å². The Bertz CT molecular complexity index is 1210. The molecule has 198 valence electrons. The molecule has 0 saturated heterocycles. The standard InChI is InChI=1S/C25H33Cl2N3O5S/c1-7-17(3)28-25(32)18(4)29(14-19-9-10-20(26)21(27)13-19)24(31)15-30(36(6,33)34)22-12-16(2)8-11-23(22)35-5/h8-13,17-18H,7,14-15H2,1-6H3,(H,28,32)/t17-,18+/m0/s1. The molecule has 2 rings (SSSR count). The first-order valence-corrected chi connectivity index (χ1v) is 14.0. The van der Waals surface area contributed by atoms with Crippen LogP contribution in [0.15, 0.2) is 36.4 Å². The predicted molar refractivity (Wildman–Crippen MR) is 144 cm³/mol. The minimum Gasteiger partial charge on any atom is -0.495 e. The molecular weight excluding hydrogens is 525 g/mol. The molecule has 11 heteroatoms. The van der Waals surface area contributed by atoms with Crippen LogP contribution in [0.5, 0.6) is 5.75 Å². The quantitative estimate of drug-likeness (QED) is 0.441. The van der Waals surface area contributed by atoms with Crippen molar-refractivity contribution in [2.75, 3.05) is 24.2 Å². The van der Waals surface area contributed by atoms with Crippen LogP contribution in [0.3, 0.4) is 0 Å². The van der Waals surface area contributed by atoms with Crippen molar-refractivity contribution in [2.45, 2.75) is 52.7 Å². The molecule has 2 aromatic carbocycles. The van der Waals surface area contributed by atoms with E-state index < -0.39 is 28.5 Å². The monoisotopic (exact) mass is 557 g/mol. The molecule has 0 spiro atoms. The van der Waals surface area contributed by atoms with Gasteiger partial charge in [-0.05, 0) is 62.6 Å². The molecule has 2 atom stereocenters. The van der Waals surface area contributed by atoms with E-state index in [4.69, 9.17) is 27.9 Å². The Labute approximate surface area is 223 Å². The lowest BCUT2D eigenvalue weighted by Crippen LogP contribution is -2.52. The van der Waals surface area contributed by atoms with Crippen LogP contribution in [0.4, 0.5) is 5.69 Å². The third-order valence-electron chi connectivity index (χ3n) is 5.79. The van der Waals surface area contributed by atoms with E-state index in [1.807, 2.05) is 20.8 Å². The molecular formula is C25H33Cl2N3O5S. The summed E-state index contributed by atoms with van der Waals surface area (Å²) in [7, 11) is -2.46. The van der Waals surface area contributed by atoms with Crippen LogP contribution in [0.2, 0.25) is 10.0 Å². The maximum absolute atomic E-state index is 13.7. The largest absolute Gasteiger partial charge is 0.495 e. The van der Waals surface area contributed by atoms with E-state index in [9.17, 15) is 18.0 Å². The topological polar surface area (TPSA) is 96.0 Å². The van der Waals surface area contributed by atoms with Crippen molar-refractivity contribution in [3.63, 3.8) is 0 Å². The minimum atomic E-state index is -3.88. The van der Waals surface area contributed by atoms with Gasteiger partial charge in [0.25, 0.3) is 0 Å². The summed E-state index contributed by atoms with van der Waals surface area (Å²) in [6.45, 7) is 6.71. The number of benzene rings is 2. The molecule has 8 nitrogen and oxygen atoms in total. The fourth-order valence-corrected chi connectivity index (χ4v) is 4.64. The number of hydrogen-bond acceptors (Lipinski definition) is 5. The lowest BCUT2D eigenvalue weighted by atomic mass is 10.1. The van der Waals surface area contributed by atoms with Gasteiger partial charge in [-0.3, -0.25) is 13.9 Å². The van der Waals surface area contributed by atoms with Crippen molar-refractivity contribution < 1.29 is 22.7 Å². The molecule has 0 aliphatic carbocycles. The molecule has 0 radical (unpaired) electrons. The summed E-state index contributed by atoms with van der Waals surface area (Å²) >= 11 is 12.2. The number of carbonyl (C=O) groups is 2. The van der Waals surface area contributed by atoms with Gasteiger partial charge in [-0.1, -0.05) is 42.3 Å². The minimum absolute atomic E-state index is 0.0212. The Morgan fingerprint density at radius 1 is 1.08 bits per heavy atom. The summed E-state index contributed by atoms with van der Waals surface area (Å²) in [6.07, 6.45) is 1.73. The lowest BCUT2D eigenvalue weighted by molar-refractivity contribution is -0.139. The molecule has 2 aromatic rings. The maximum atomic E-state index is 13.7. The zero-order valence-electron chi connectivity index (χ0n) is 21.3. The van der Waals surface area contributed by atoms with Gasteiger partial charge < -0.3 is 15.0 Å². The molecule has 1 N–H and O–H groups in total.